The van der Waals surface area contributed by atoms with E-state index in [0.29, 0.717) is 9.47 Å². The second-order valence-electron chi connectivity index (χ2n) is 3.55. The summed E-state index contributed by atoms with van der Waals surface area (Å²) in [6.45, 7) is 1.86. The normalized spacial score (nSPS) is 10.5. The van der Waals surface area contributed by atoms with Crippen molar-refractivity contribution in [3.8, 4) is 0 Å². The fourth-order valence-corrected chi connectivity index (χ4v) is 4.19. The molecule has 0 aliphatic rings. The second-order valence-corrected chi connectivity index (χ2v) is 8.16. The van der Waals surface area contributed by atoms with Gasteiger partial charge in [-0.1, -0.05) is 46.2 Å². The Kier molecular flexibility index (Phi) is 5.90. The lowest BCUT2D eigenvalue weighted by Gasteiger charge is -1.98. The molecule has 0 spiro atoms. The quantitative estimate of drug-likeness (QED) is 0.552. The van der Waals surface area contributed by atoms with E-state index in [-0.39, 0.29) is 17.4 Å². The van der Waals surface area contributed by atoms with Crippen LogP contribution in [0, 0.1) is 6.92 Å². The molecule has 8 nitrogen and oxygen atoms in total. The van der Waals surface area contributed by atoms with Crippen LogP contribution in [0.3, 0.4) is 0 Å². The van der Waals surface area contributed by atoms with Crippen molar-refractivity contribution >= 4 is 63.1 Å². The minimum Gasteiger partial charge on any atom is -0.369 e. The lowest BCUT2D eigenvalue weighted by atomic mass is 10.7. The zero-order valence-corrected chi connectivity index (χ0v) is 14.0. The number of nitrogens with zero attached hydrogens (tertiary/aromatic N) is 4. The van der Waals surface area contributed by atoms with Gasteiger partial charge in [0.2, 0.25) is 16.9 Å². The first-order valence-corrected chi connectivity index (χ1v) is 9.10. The number of rotatable bonds is 7. The number of carbonyl (C=O) groups is 2. The van der Waals surface area contributed by atoms with Crippen molar-refractivity contribution in [2.45, 2.75) is 15.6 Å². The van der Waals surface area contributed by atoms with Gasteiger partial charge in [-0.05, 0) is 6.92 Å². The molecule has 0 aromatic carbocycles. The highest BCUT2D eigenvalue weighted by atomic mass is 32.2. The van der Waals surface area contributed by atoms with Crippen molar-refractivity contribution in [3.05, 3.63) is 5.01 Å². The van der Waals surface area contributed by atoms with Crippen LogP contribution in [0.25, 0.3) is 0 Å². The van der Waals surface area contributed by atoms with Crippen LogP contribution in [0.15, 0.2) is 8.68 Å². The maximum absolute atomic E-state index is 11.8. The van der Waals surface area contributed by atoms with Crippen LogP contribution in [-0.2, 0) is 9.59 Å². The molecule has 12 heteroatoms. The largest absolute Gasteiger partial charge is 0.369 e. The predicted octanol–water partition coefficient (Wildman–Crippen LogP) is 1.01. The zero-order valence-electron chi connectivity index (χ0n) is 10.7. The SMILES string of the molecule is Cc1nnc(SCC(=O)Nc2nnc(SCC(N)=O)s2)s1. The van der Waals surface area contributed by atoms with Crippen LogP contribution in [0.2, 0.25) is 0 Å². The van der Waals surface area contributed by atoms with E-state index in [4.69, 9.17) is 5.73 Å². The topological polar surface area (TPSA) is 124 Å². The maximum Gasteiger partial charge on any atom is 0.236 e. The molecule has 0 radical (unpaired) electrons. The van der Waals surface area contributed by atoms with Gasteiger partial charge in [-0.25, -0.2) is 0 Å². The van der Waals surface area contributed by atoms with Crippen molar-refractivity contribution in [1.82, 2.24) is 20.4 Å². The number of thioether (sulfide) groups is 2. The van der Waals surface area contributed by atoms with Crippen molar-refractivity contribution in [2.75, 3.05) is 16.8 Å². The van der Waals surface area contributed by atoms with Gasteiger partial charge in [0.15, 0.2) is 8.68 Å². The maximum atomic E-state index is 11.8. The third-order valence-electron chi connectivity index (χ3n) is 1.82. The number of aryl methyl sites for hydroxylation is 1. The number of hydrogen-bond donors (Lipinski definition) is 2. The van der Waals surface area contributed by atoms with Crippen molar-refractivity contribution in [2.24, 2.45) is 5.73 Å². The number of anilines is 1. The van der Waals surface area contributed by atoms with Gasteiger partial charge in [-0.2, -0.15) is 0 Å². The van der Waals surface area contributed by atoms with Crippen LogP contribution in [0.5, 0.6) is 0 Å². The number of hydrogen-bond acceptors (Lipinski definition) is 10. The zero-order chi connectivity index (χ0) is 15.2. The third-order valence-corrected chi connectivity index (χ3v) is 5.79. The van der Waals surface area contributed by atoms with Crippen LogP contribution in [-0.4, -0.2) is 43.7 Å². The molecule has 0 aliphatic heterocycles. The van der Waals surface area contributed by atoms with E-state index >= 15 is 0 Å². The number of amides is 2. The first kappa shape index (κ1) is 16.1. The molecule has 2 amide bonds. The molecule has 0 aliphatic carbocycles. The molecule has 0 unspecified atom stereocenters. The summed E-state index contributed by atoms with van der Waals surface area (Å²) in [5.74, 6) is -0.271. The number of aromatic nitrogens is 4. The number of nitrogens with two attached hydrogens (primary N) is 1. The van der Waals surface area contributed by atoms with Crippen LogP contribution in [0.1, 0.15) is 5.01 Å². The average molecular weight is 362 g/mol. The molecule has 0 atom stereocenters. The molecule has 0 bridgehead atoms. The molecule has 0 fully saturated rings. The molecular weight excluding hydrogens is 352 g/mol. The van der Waals surface area contributed by atoms with Crippen molar-refractivity contribution < 1.29 is 9.59 Å². The predicted molar refractivity (Wildman–Crippen MR) is 83.8 cm³/mol. The third kappa shape index (κ3) is 5.57. The molecule has 2 aromatic heterocycles. The van der Waals surface area contributed by atoms with Gasteiger partial charge < -0.3 is 5.73 Å². The smallest absolute Gasteiger partial charge is 0.236 e. The van der Waals surface area contributed by atoms with E-state index in [1.54, 1.807) is 0 Å². The highest BCUT2D eigenvalue weighted by Crippen LogP contribution is 2.26. The molecular formula is C9H10N6O2S4. The van der Waals surface area contributed by atoms with Gasteiger partial charge in [-0.15, -0.1) is 20.4 Å². The summed E-state index contributed by atoms with van der Waals surface area (Å²) in [5, 5.41) is 19.3. The van der Waals surface area contributed by atoms with E-state index in [1.165, 1.54) is 46.2 Å². The lowest BCUT2D eigenvalue weighted by molar-refractivity contribution is -0.115. The summed E-state index contributed by atoms with van der Waals surface area (Å²) >= 11 is 5.13. The Hall–Kier alpha value is -1.24. The molecule has 21 heavy (non-hydrogen) atoms. The van der Waals surface area contributed by atoms with Crippen molar-refractivity contribution in [3.63, 3.8) is 0 Å². The van der Waals surface area contributed by atoms with E-state index in [2.05, 4.69) is 25.7 Å². The summed E-state index contributed by atoms with van der Waals surface area (Å²) in [4.78, 5) is 22.4. The van der Waals surface area contributed by atoms with Crippen LogP contribution in [0.4, 0.5) is 5.13 Å². The van der Waals surface area contributed by atoms with E-state index in [1.807, 2.05) is 6.92 Å². The Morgan fingerprint density at radius 2 is 1.76 bits per heavy atom. The lowest BCUT2D eigenvalue weighted by Crippen LogP contribution is -2.13. The highest BCUT2D eigenvalue weighted by molar-refractivity contribution is 8.02. The molecule has 2 aromatic rings. The van der Waals surface area contributed by atoms with Gasteiger partial charge >= 0.3 is 0 Å². The number of carbonyl (C=O) groups excluding carboxylic acids is 2. The molecule has 112 valence electrons. The minimum absolute atomic E-state index is 0.134. The summed E-state index contributed by atoms with van der Waals surface area (Å²) in [6, 6.07) is 0. The Labute approximate surface area is 136 Å². The molecule has 3 N–H and O–H groups in total. The van der Waals surface area contributed by atoms with Crippen LogP contribution >= 0.6 is 46.2 Å². The summed E-state index contributed by atoms with van der Waals surface area (Å²) in [6.07, 6.45) is 0. The standard InChI is InChI=1S/C9H10N6O2S4/c1-4-12-14-8(20-4)19-3-6(17)11-7-13-15-9(21-7)18-2-5(10)16/h2-3H2,1H3,(H2,10,16)(H,11,13,17). The van der Waals surface area contributed by atoms with E-state index < -0.39 is 5.91 Å². The van der Waals surface area contributed by atoms with Gasteiger partial charge in [0.25, 0.3) is 0 Å². The average Bonchev–Trinajstić information content (AvgIpc) is 3.03. The Morgan fingerprint density at radius 1 is 1.10 bits per heavy atom. The number of nitrogens with one attached hydrogen (secondary N) is 1. The highest BCUT2D eigenvalue weighted by Gasteiger charge is 2.11. The Balaban J connectivity index is 1.78. The van der Waals surface area contributed by atoms with Gasteiger partial charge in [0.05, 0.1) is 11.5 Å². The van der Waals surface area contributed by atoms with Gasteiger partial charge in [-0.3, -0.25) is 14.9 Å². The van der Waals surface area contributed by atoms with Gasteiger partial charge in [0, 0.05) is 0 Å². The van der Waals surface area contributed by atoms with Crippen molar-refractivity contribution in [1.29, 1.82) is 0 Å². The Bertz CT molecular complexity index is 642. The Morgan fingerprint density at radius 3 is 2.43 bits per heavy atom. The molecule has 2 rings (SSSR count). The second kappa shape index (κ2) is 7.68. The fourth-order valence-electron chi connectivity index (χ4n) is 1.07. The monoisotopic (exact) mass is 362 g/mol. The van der Waals surface area contributed by atoms with E-state index in [9.17, 15) is 9.59 Å². The summed E-state index contributed by atoms with van der Waals surface area (Å²) < 4.78 is 1.33. The first-order valence-electron chi connectivity index (χ1n) is 5.50. The molecule has 2 heterocycles. The van der Waals surface area contributed by atoms with Gasteiger partial charge in [0.1, 0.15) is 5.01 Å². The molecule has 0 saturated carbocycles. The number of primary amides is 1. The molecule has 0 saturated heterocycles. The van der Waals surface area contributed by atoms with E-state index in [0.717, 1.165) is 9.35 Å². The first-order chi connectivity index (χ1) is 10.0. The van der Waals surface area contributed by atoms with Crippen LogP contribution < -0.4 is 11.1 Å². The summed E-state index contributed by atoms with van der Waals surface area (Å²) in [7, 11) is 0. The minimum atomic E-state index is -0.426. The summed E-state index contributed by atoms with van der Waals surface area (Å²) in [5.41, 5.74) is 5.04. The fraction of sp³-hybridized carbons (Fsp3) is 0.333.